The van der Waals surface area contributed by atoms with Crippen LogP contribution in [0.1, 0.15) is 30.9 Å². The van der Waals surface area contributed by atoms with Crippen LogP contribution in [0.3, 0.4) is 0 Å². The van der Waals surface area contributed by atoms with Crippen LogP contribution in [0.25, 0.3) is 5.69 Å². The second-order valence-electron chi connectivity index (χ2n) is 8.31. The van der Waals surface area contributed by atoms with Gasteiger partial charge in [0.05, 0.1) is 10.9 Å². The molecule has 1 N–H and O–H groups in total. The van der Waals surface area contributed by atoms with Gasteiger partial charge in [0.2, 0.25) is 18.6 Å². The Labute approximate surface area is 197 Å². The molecule has 2 aliphatic heterocycles. The standard InChI is InChI=1S/C24H27N5O3S/c1-16-5-8-19(9-6-16)29-23(28-11-3-4-12-28)26-27-24(29)33-17(2)22(30)25-14-18-7-10-20-21(13-18)32-15-31-20/h5-10,13,17H,3-4,11-12,14-15H2,1-2H3,(H,25,30)/t17-/m0/s1. The number of hydrogen-bond acceptors (Lipinski definition) is 7. The Kier molecular flexibility index (Phi) is 6.13. The van der Waals surface area contributed by atoms with Gasteiger partial charge in [0.1, 0.15) is 0 Å². The first-order valence-electron chi connectivity index (χ1n) is 11.2. The van der Waals surface area contributed by atoms with E-state index >= 15 is 0 Å². The maximum atomic E-state index is 12.9. The van der Waals surface area contributed by atoms with Gasteiger partial charge in [-0.25, -0.2) is 0 Å². The molecule has 0 unspecified atom stereocenters. The molecular formula is C24H27N5O3S. The molecule has 0 radical (unpaired) electrons. The summed E-state index contributed by atoms with van der Waals surface area (Å²) in [5.74, 6) is 2.23. The van der Waals surface area contributed by atoms with Gasteiger partial charge in [-0.3, -0.25) is 9.36 Å². The summed E-state index contributed by atoms with van der Waals surface area (Å²) in [6.45, 7) is 6.56. The van der Waals surface area contributed by atoms with Crippen LogP contribution in [-0.4, -0.2) is 45.8 Å². The summed E-state index contributed by atoms with van der Waals surface area (Å²) in [6, 6.07) is 14.0. The molecular weight excluding hydrogens is 438 g/mol. The average molecular weight is 466 g/mol. The quantitative estimate of drug-likeness (QED) is 0.533. The van der Waals surface area contributed by atoms with E-state index in [1.807, 2.05) is 25.1 Å². The van der Waals surface area contributed by atoms with Gasteiger partial charge >= 0.3 is 0 Å². The van der Waals surface area contributed by atoms with Crippen LogP contribution in [0.4, 0.5) is 5.95 Å². The van der Waals surface area contributed by atoms with E-state index in [2.05, 4.69) is 56.2 Å². The van der Waals surface area contributed by atoms with Crippen LogP contribution in [-0.2, 0) is 11.3 Å². The lowest BCUT2D eigenvalue weighted by Gasteiger charge is -2.19. The lowest BCUT2D eigenvalue weighted by atomic mass is 10.2. The first-order chi connectivity index (χ1) is 16.1. The van der Waals surface area contributed by atoms with Crippen LogP contribution < -0.4 is 19.7 Å². The average Bonchev–Trinajstić information content (AvgIpc) is 3.58. The van der Waals surface area contributed by atoms with Crippen LogP contribution in [0, 0.1) is 6.92 Å². The molecule has 9 heteroatoms. The molecule has 0 saturated carbocycles. The summed E-state index contributed by atoms with van der Waals surface area (Å²) in [5.41, 5.74) is 3.16. The SMILES string of the molecule is Cc1ccc(-n2c(S[C@@H](C)C(=O)NCc3ccc4c(c3)OCO4)nnc2N2CCCC2)cc1. The van der Waals surface area contributed by atoms with Crippen LogP contribution in [0.15, 0.2) is 47.6 Å². The van der Waals surface area contributed by atoms with E-state index < -0.39 is 0 Å². The number of amides is 1. The van der Waals surface area contributed by atoms with Crippen molar-refractivity contribution in [3.63, 3.8) is 0 Å². The van der Waals surface area contributed by atoms with E-state index in [4.69, 9.17) is 9.47 Å². The molecule has 1 amide bonds. The monoisotopic (exact) mass is 465 g/mol. The zero-order valence-corrected chi connectivity index (χ0v) is 19.6. The summed E-state index contributed by atoms with van der Waals surface area (Å²) < 4.78 is 12.8. The van der Waals surface area contributed by atoms with Gasteiger partial charge in [-0.1, -0.05) is 35.5 Å². The minimum atomic E-state index is -0.334. The van der Waals surface area contributed by atoms with Crippen molar-refractivity contribution in [3.8, 4) is 17.2 Å². The predicted octanol–water partition coefficient (Wildman–Crippen LogP) is 3.70. The zero-order chi connectivity index (χ0) is 22.8. The predicted molar refractivity (Wildman–Crippen MR) is 127 cm³/mol. The van der Waals surface area contributed by atoms with E-state index in [0.717, 1.165) is 48.9 Å². The second-order valence-corrected chi connectivity index (χ2v) is 9.62. The molecule has 1 saturated heterocycles. The van der Waals surface area contributed by atoms with E-state index in [9.17, 15) is 4.79 Å². The van der Waals surface area contributed by atoms with Crippen molar-refractivity contribution < 1.29 is 14.3 Å². The molecule has 8 nitrogen and oxygen atoms in total. The molecule has 1 atom stereocenters. The van der Waals surface area contributed by atoms with E-state index in [1.165, 1.54) is 17.3 Å². The summed E-state index contributed by atoms with van der Waals surface area (Å²) in [5, 5.41) is 12.4. The number of thioether (sulfide) groups is 1. The molecule has 1 aromatic heterocycles. The van der Waals surface area contributed by atoms with Crippen molar-refractivity contribution in [1.29, 1.82) is 0 Å². The fraction of sp³-hybridized carbons (Fsp3) is 0.375. The number of nitrogens with zero attached hydrogens (tertiary/aromatic N) is 4. The molecule has 172 valence electrons. The van der Waals surface area contributed by atoms with Gasteiger partial charge in [0, 0.05) is 19.6 Å². The van der Waals surface area contributed by atoms with Gasteiger partial charge in [0.25, 0.3) is 0 Å². The number of rotatable bonds is 7. The Morgan fingerprint density at radius 2 is 1.85 bits per heavy atom. The van der Waals surface area contributed by atoms with Crippen LogP contribution in [0.2, 0.25) is 0 Å². The number of anilines is 1. The third-order valence-electron chi connectivity index (χ3n) is 5.85. The number of nitrogens with one attached hydrogen (secondary N) is 1. The normalized spacial score (nSPS) is 15.6. The van der Waals surface area contributed by atoms with E-state index in [-0.39, 0.29) is 18.0 Å². The Morgan fingerprint density at radius 3 is 2.64 bits per heavy atom. The second kappa shape index (κ2) is 9.35. The maximum Gasteiger partial charge on any atom is 0.233 e. The van der Waals surface area contributed by atoms with Gasteiger partial charge in [-0.2, -0.15) is 0 Å². The van der Waals surface area contributed by atoms with Crippen molar-refractivity contribution in [3.05, 3.63) is 53.6 Å². The summed E-state index contributed by atoms with van der Waals surface area (Å²) in [4.78, 5) is 15.1. The number of ether oxygens (including phenoxy) is 2. The lowest BCUT2D eigenvalue weighted by Crippen LogP contribution is -2.30. The molecule has 5 rings (SSSR count). The van der Waals surface area contributed by atoms with Crippen LogP contribution in [0.5, 0.6) is 11.5 Å². The topological polar surface area (TPSA) is 81.5 Å². The summed E-state index contributed by atoms with van der Waals surface area (Å²) in [7, 11) is 0. The fourth-order valence-corrected chi connectivity index (χ4v) is 4.86. The van der Waals surface area contributed by atoms with Gasteiger partial charge in [-0.15, -0.1) is 10.2 Å². The Balaban J connectivity index is 1.30. The number of aryl methyl sites for hydroxylation is 1. The number of aromatic nitrogens is 3. The highest BCUT2D eigenvalue weighted by Gasteiger charge is 2.25. The molecule has 3 heterocycles. The Hall–Kier alpha value is -3.20. The van der Waals surface area contributed by atoms with Gasteiger partial charge in [-0.05, 0) is 56.5 Å². The number of benzene rings is 2. The van der Waals surface area contributed by atoms with E-state index in [1.54, 1.807) is 0 Å². The van der Waals surface area contributed by atoms with E-state index in [0.29, 0.717) is 17.5 Å². The molecule has 2 aliphatic rings. The Bertz CT molecular complexity index is 1140. The minimum absolute atomic E-state index is 0.0566. The van der Waals surface area contributed by atoms with Gasteiger partial charge in [0.15, 0.2) is 16.7 Å². The minimum Gasteiger partial charge on any atom is -0.454 e. The van der Waals surface area contributed by atoms with Crippen molar-refractivity contribution >= 4 is 23.6 Å². The van der Waals surface area contributed by atoms with Gasteiger partial charge < -0.3 is 19.7 Å². The first kappa shape index (κ1) is 21.6. The summed E-state index contributed by atoms with van der Waals surface area (Å²) in [6.07, 6.45) is 2.31. The summed E-state index contributed by atoms with van der Waals surface area (Å²) >= 11 is 1.42. The highest BCUT2D eigenvalue weighted by atomic mass is 32.2. The molecule has 0 aliphatic carbocycles. The molecule has 33 heavy (non-hydrogen) atoms. The molecule has 1 fully saturated rings. The number of carbonyl (C=O) groups is 1. The zero-order valence-electron chi connectivity index (χ0n) is 18.8. The molecule has 0 spiro atoms. The number of carbonyl (C=O) groups excluding carboxylic acids is 1. The van der Waals surface area contributed by atoms with Crippen molar-refractivity contribution in [2.24, 2.45) is 0 Å². The van der Waals surface area contributed by atoms with Crippen LogP contribution >= 0.6 is 11.8 Å². The molecule has 3 aromatic rings. The third kappa shape index (κ3) is 4.64. The smallest absolute Gasteiger partial charge is 0.233 e. The largest absolute Gasteiger partial charge is 0.454 e. The van der Waals surface area contributed by atoms with Crippen molar-refractivity contribution in [2.75, 3.05) is 24.8 Å². The van der Waals surface area contributed by atoms with Crippen molar-refractivity contribution in [1.82, 2.24) is 20.1 Å². The molecule has 0 bridgehead atoms. The van der Waals surface area contributed by atoms with Crippen molar-refractivity contribution in [2.45, 2.75) is 43.6 Å². The fourth-order valence-electron chi connectivity index (χ4n) is 3.98. The first-order valence-corrected chi connectivity index (χ1v) is 12.1. The number of fused-ring (bicyclic) bond motifs is 1. The highest BCUT2D eigenvalue weighted by molar-refractivity contribution is 8.00. The maximum absolute atomic E-state index is 12.9. The lowest BCUT2D eigenvalue weighted by molar-refractivity contribution is -0.120. The Morgan fingerprint density at radius 1 is 1.09 bits per heavy atom. The highest BCUT2D eigenvalue weighted by Crippen LogP contribution is 2.33. The third-order valence-corrected chi connectivity index (χ3v) is 6.90. The number of hydrogen-bond donors (Lipinski definition) is 1. The molecule has 2 aromatic carbocycles.